The summed E-state index contributed by atoms with van der Waals surface area (Å²) in [6.45, 7) is 5.91. The molecule has 6 nitrogen and oxygen atoms in total. The SMILES string of the molecule is Cc1ccccc1[C@@H](O)CNC(=O)N[C@H](C)c1cn(C)nc1C. The normalized spacial score (nSPS) is 13.4. The molecule has 0 radical (unpaired) electrons. The van der Waals surface area contributed by atoms with Crippen molar-refractivity contribution in [3.05, 3.63) is 52.8 Å². The maximum absolute atomic E-state index is 12.0. The van der Waals surface area contributed by atoms with Crippen molar-refractivity contribution in [1.29, 1.82) is 0 Å². The smallest absolute Gasteiger partial charge is 0.315 e. The van der Waals surface area contributed by atoms with Crippen molar-refractivity contribution < 1.29 is 9.90 Å². The molecule has 124 valence electrons. The van der Waals surface area contributed by atoms with Gasteiger partial charge in [-0.2, -0.15) is 5.10 Å². The van der Waals surface area contributed by atoms with E-state index in [-0.39, 0.29) is 18.6 Å². The first-order chi connectivity index (χ1) is 10.9. The van der Waals surface area contributed by atoms with Gasteiger partial charge in [-0.3, -0.25) is 4.68 Å². The Morgan fingerprint density at radius 1 is 1.30 bits per heavy atom. The molecule has 2 atom stereocenters. The number of nitrogens with one attached hydrogen (secondary N) is 2. The molecular weight excluding hydrogens is 292 g/mol. The van der Waals surface area contributed by atoms with E-state index in [9.17, 15) is 9.90 Å². The number of hydrogen-bond donors (Lipinski definition) is 3. The maximum atomic E-state index is 12.0. The van der Waals surface area contributed by atoms with Crippen molar-refractivity contribution in [2.24, 2.45) is 7.05 Å². The van der Waals surface area contributed by atoms with Gasteiger partial charge in [-0.05, 0) is 31.9 Å². The Morgan fingerprint density at radius 3 is 2.61 bits per heavy atom. The molecule has 0 aliphatic rings. The van der Waals surface area contributed by atoms with E-state index in [1.165, 1.54) is 0 Å². The summed E-state index contributed by atoms with van der Waals surface area (Å²) in [6, 6.07) is 7.13. The van der Waals surface area contributed by atoms with Gasteiger partial charge in [0, 0.05) is 25.4 Å². The lowest BCUT2D eigenvalue weighted by Gasteiger charge is -2.17. The number of carbonyl (C=O) groups excluding carboxylic acids is 1. The van der Waals surface area contributed by atoms with Crippen molar-refractivity contribution in [1.82, 2.24) is 20.4 Å². The Balaban J connectivity index is 1.88. The van der Waals surface area contributed by atoms with E-state index >= 15 is 0 Å². The third kappa shape index (κ3) is 4.32. The van der Waals surface area contributed by atoms with Crippen LogP contribution in [0.2, 0.25) is 0 Å². The zero-order valence-electron chi connectivity index (χ0n) is 14.0. The molecule has 2 rings (SSSR count). The summed E-state index contributed by atoms with van der Waals surface area (Å²) < 4.78 is 1.72. The molecule has 6 heteroatoms. The number of hydrogen-bond acceptors (Lipinski definition) is 3. The number of benzene rings is 1. The van der Waals surface area contributed by atoms with Gasteiger partial charge < -0.3 is 15.7 Å². The molecule has 0 aliphatic carbocycles. The molecule has 2 aromatic rings. The van der Waals surface area contributed by atoms with E-state index in [0.29, 0.717) is 0 Å². The molecule has 0 spiro atoms. The van der Waals surface area contributed by atoms with Gasteiger partial charge in [0.2, 0.25) is 0 Å². The van der Waals surface area contributed by atoms with Crippen molar-refractivity contribution >= 4 is 6.03 Å². The lowest BCUT2D eigenvalue weighted by Crippen LogP contribution is -2.39. The average Bonchev–Trinajstić information content (AvgIpc) is 2.84. The molecule has 0 saturated heterocycles. The molecule has 23 heavy (non-hydrogen) atoms. The summed E-state index contributed by atoms with van der Waals surface area (Å²) in [5.74, 6) is 0. The molecule has 0 bridgehead atoms. The summed E-state index contributed by atoms with van der Waals surface area (Å²) in [5, 5.41) is 20.0. The Bertz CT molecular complexity index is 681. The minimum Gasteiger partial charge on any atom is -0.387 e. The Labute approximate surface area is 136 Å². The molecule has 0 aliphatic heterocycles. The fraction of sp³-hybridized carbons (Fsp3) is 0.412. The van der Waals surface area contributed by atoms with Gasteiger partial charge in [0.15, 0.2) is 0 Å². The number of aliphatic hydroxyl groups excluding tert-OH is 1. The molecule has 2 amide bonds. The summed E-state index contributed by atoms with van der Waals surface area (Å²) in [7, 11) is 1.85. The van der Waals surface area contributed by atoms with Gasteiger partial charge in [-0.15, -0.1) is 0 Å². The monoisotopic (exact) mass is 316 g/mol. The first kappa shape index (κ1) is 17.0. The topological polar surface area (TPSA) is 79.2 Å². The minimum atomic E-state index is -0.725. The van der Waals surface area contributed by atoms with E-state index in [1.54, 1.807) is 4.68 Å². The van der Waals surface area contributed by atoms with Crippen LogP contribution in [0.4, 0.5) is 4.79 Å². The Morgan fingerprint density at radius 2 is 2.00 bits per heavy atom. The molecule has 0 saturated carbocycles. The third-order valence-corrected chi connectivity index (χ3v) is 3.87. The lowest BCUT2D eigenvalue weighted by molar-refractivity contribution is 0.172. The van der Waals surface area contributed by atoms with Crippen LogP contribution in [0.3, 0.4) is 0 Å². The van der Waals surface area contributed by atoms with E-state index in [2.05, 4.69) is 15.7 Å². The zero-order valence-corrected chi connectivity index (χ0v) is 14.0. The number of rotatable bonds is 5. The highest BCUT2D eigenvalue weighted by Crippen LogP contribution is 2.17. The largest absolute Gasteiger partial charge is 0.387 e. The molecular formula is C17H24N4O2. The van der Waals surface area contributed by atoms with Crippen LogP contribution in [-0.2, 0) is 7.05 Å². The average molecular weight is 316 g/mol. The number of urea groups is 1. The molecule has 1 heterocycles. The molecule has 0 unspecified atom stereocenters. The first-order valence-corrected chi connectivity index (χ1v) is 7.66. The number of amides is 2. The van der Waals surface area contributed by atoms with Crippen LogP contribution in [0.1, 0.15) is 41.5 Å². The van der Waals surface area contributed by atoms with E-state index in [4.69, 9.17) is 0 Å². The highest BCUT2D eigenvalue weighted by molar-refractivity contribution is 5.74. The predicted molar refractivity (Wildman–Crippen MR) is 89.0 cm³/mol. The predicted octanol–water partition coefficient (Wildman–Crippen LogP) is 2.13. The van der Waals surface area contributed by atoms with Crippen molar-refractivity contribution in [2.75, 3.05) is 6.54 Å². The first-order valence-electron chi connectivity index (χ1n) is 7.66. The van der Waals surface area contributed by atoms with Crippen molar-refractivity contribution in [3.63, 3.8) is 0 Å². The summed E-state index contributed by atoms with van der Waals surface area (Å²) in [6.07, 6.45) is 1.17. The highest BCUT2D eigenvalue weighted by Gasteiger charge is 2.16. The van der Waals surface area contributed by atoms with E-state index in [1.807, 2.05) is 58.3 Å². The van der Waals surface area contributed by atoms with Crippen molar-refractivity contribution in [2.45, 2.75) is 32.9 Å². The van der Waals surface area contributed by atoms with Crippen LogP contribution in [0.15, 0.2) is 30.5 Å². The fourth-order valence-electron chi connectivity index (χ4n) is 2.63. The Kier molecular flexibility index (Phi) is 5.39. The second kappa shape index (κ2) is 7.28. The second-order valence-electron chi connectivity index (χ2n) is 5.79. The minimum absolute atomic E-state index is 0.153. The van der Waals surface area contributed by atoms with Crippen LogP contribution in [-0.4, -0.2) is 27.5 Å². The molecule has 0 fully saturated rings. The molecule has 1 aromatic heterocycles. The van der Waals surface area contributed by atoms with Gasteiger partial charge in [0.1, 0.15) is 0 Å². The standard InChI is InChI=1S/C17H24N4O2/c1-11-7-5-6-8-14(11)16(22)9-18-17(23)19-12(2)15-10-21(4)20-13(15)3/h5-8,10,12,16,22H,9H2,1-4H3,(H2,18,19,23)/t12-,16+/m1/s1. The van der Waals surface area contributed by atoms with Crippen LogP contribution in [0.5, 0.6) is 0 Å². The second-order valence-corrected chi connectivity index (χ2v) is 5.79. The van der Waals surface area contributed by atoms with Gasteiger partial charge in [-0.1, -0.05) is 24.3 Å². The number of aryl methyl sites for hydroxylation is 3. The van der Waals surface area contributed by atoms with E-state index in [0.717, 1.165) is 22.4 Å². The van der Waals surface area contributed by atoms with Crippen LogP contribution in [0, 0.1) is 13.8 Å². The number of aromatic nitrogens is 2. The summed E-state index contributed by atoms with van der Waals surface area (Å²) >= 11 is 0. The highest BCUT2D eigenvalue weighted by atomic mass is 16.3. The maximum Gasteiger partial charge on any atom is 0.315 e. The van der Waals surface area contributed by atoms with Crippen LogP contribution in [0.25, 0.3) is 0 Å². The van der Waals surface area contributed by atoms with Gasteiger partial charge in [0.05, 0.1) is 17.8 Å². The number of aliphatic hydroxyl groups is 1. The fourth-order valence-corrected chi connectivity index (χ4v) is 2.63. The van der Waals surface area contributed by atoms with Gasteiger partial charge in [-0.25, -0.2) is 4.79 Å². The quantitative estimate of drug-likeness (QED) is 0.790. The Hall–Kier alpha value is -2.34. The lowest BCUT2D eigenvalue weighted by atomic mass is 10.0. The zero-order chi connectivity index (χ0) is 17.0. The van der Waals surface area contributed by atoms with Crippen molar-refractivity contribution in [3.8, 4) is 0 Å². The summed E-state index contributed by atoms with van der Waals surface area (Å²) in [4.78, 5) is 12.0. The molecule has 3 N–H and O–H groups in total. The van der Waals surface area contributed by atoms with Crippen LogP contribution >= 0.6 is 0 Å². The van der Waals surface area contributed by atoms with Crippen LogP contribution < -0.4 is 10.6 Å². The molecule has 1 aromatic carbocycles. The number of carbonyl (C=O) groups is 1. The summed E-state index contributed by atoms with van der Waals surface area (Å²) in [5.41, 5.74) is 3.69. The third-order valence-electron chi connectivity index (χ3n) is 3.87. The number of nitrogens with zero attached hydrogens (tertiary/aromatic N) is 2. The van der Waals surface area contributed by atoms with Gasteiger partial charge in [0.25, 0.3) is 0 Å². The van der Waals surface area contributed by atoms with Gasteiger partial charge >= 0.3 is 6.03 Å². The van der Waals surface area contributed by atoms with E-state index < -0.39 is 6.10 Å².